The van der Waals surface area contributed by atoms with Crippen molar-refractivity contribution < 1.29 is 8.78 Å². The van der Waals surface area contributed by atoms with E-state index in [1.165, 1.54) is 6.07 Å². The minimum Gasteiger partial charge on any atom is -0.351 e. The minimum atomic E-state index is -0.858. The van der Waals surface area contributed by atoms with Gasteiger partial charge in [-0.3, -0.25) is 9.98 Å². The lowest BCUT2D eigenvalue weighted by Gasteiger charge is -2.18. The number of rotatable bonds is 4. The number of benzene rings is 1. The van der Waals surface area contributed by atoms with E-state index in [9.17, 15) is 8.78 Å². The molecule has 0 radical (unpaired) electrons. The number of aryl methyl sites for hydroxylation is 1. The van der Waals surface area contributed by atoms with Crippen LogP contribution < -0.4 is 10.6 Å². The molecule has 0 amide bonds. The molecule has 2 aromatic rings. The first kappa shape index (κ1) is 20.3. The summed E-state index contributed by atoms with van der Waals surface area (Å²) in [6.07, 6.45) is 1.74. The van der Waals surface area contributed by atoms with E-state index in [4.69, 9.17) is 0 Å². The second-order valence-electron chi connectivity index (χ2n) is 5.23. The molecule has 4 nitrogen and oxygen atoms in total. The third-order valence-corrected chi connectivity index (χ3v) is 3.56. The van der Waals surface area contributed by atoms with Gasteiger partial charge in [-0.05, 0) is 43.2 Å². The molecule has 1 heterocycles. The van der Waals surface area contributed by atoms with E-state index in [0.717, 1.165) is 17.3 Å². The van der Waals surface area contributed by atoms with Crippen LogP contribution in [-0.2, 0) is 6.54 Å². The Morgan fingerprint density at radius 2 is 2.00 bits per heavy atom. The second-order valence-corrected chi connectivity index (χ2v) is 5.23. The van der Waals surface area contributed by atoms with Gasteiger partial charge < -0.3 is 10.6 Å². The van der Waals surface area contributed by atoms with E-state index in [-0.39, 0.29) is 30.0 Å². The van der Waals surface area contributed by atoms with Gasteiger partial charge in [0.25, 0.3) is 0 Å². The van der Waals surface area contributed by atoms with Crippen LogP contribution in [0.25, 0.3) is 0 Å². The predicted molar refractivity (Wildman–Crippen MR) is 102 cm³/mol. The molecule has 0 bridgehead atoms. The SMILES string of the molecule is CN=C(NCc1ncccc1C)NC(C)c1ccc(F)c(F)c1.I. The molecule has 130 valence electrons. The Labute approximate surface area is 157 Å². The number of nitrogens with zero attached hydrogens (tertiary/aromatic N) is 2. The van der Waals surface area contributed by atoms with E-state index >= 15 is 0 Å². The van der Waals surface area contributed by atoms with Gasteiger partial charge in [0.2, 0.25) is 0 Å². The molecule has 2 rings (SSSR count). The summed E-state index contributed by atoms with van der Waals surface area (Å²) in [6, 6.07) is 7.51. The van der Waals surface area contributed by atoms with Crippen molar-refractivity contribution >= 4 is 29.9 Å². The minimum absolute atomic E-state index is 0. The molecule has 0 aliphatic heterocycles. The summed E-state index contributed by atoms with van der Waals surface area (Å²) in [7, 11) is 1.65. The summed E-state index contributed by atoms with van der Waals surface area (Å²) in [4.78, 5) is 8.44. The highest BCUT2D eigenvalue weighted by atomic mass is 127. The summed E-state index contributed by atoms with van der Waals surface area (Å²) in [6.45, 7) is 4.37. The van der Waals surface area contributed by atoms with Crippen molar-refractivity contribution in [2.24, 2.45) is 4.99 Å². The number of guanidine groups is 1. The molecule has 1 aromatic heterocycles. The number of aromatic nitrogens is 1. The molecule has 7 heteroatoms. The van der Waals surface area contributed by atoms with Crippen LogP contribution >= 0.6 is 24.0 Å². The smallest absolute Gasteiger partial charge is 0.191 e. The Balaban J connectivity index is 0.00000288. The standard InChI is InChI=1S/C17H20F2N4.HI/c1-11-5-4-8-21-16(11)10-22-17(20-3)23-12(2)13-6-7-14(18)15(19)9-13;/h4-9,12H,10H2,1-3H3,(H2,20,22,23);1H. The summed E-state index contributed by atoms with van der Waals surface area (Å²) < 4.78 is 26.3. The van der Waals surface area contributed by atoms with Gasteiger partial charge in [0, 0.05) is 13.2 Å². The highest BCUT2D eigenvalue weighted by Crippen LogP contribution is 2.15. The molecule has 0 saturated heterocycles. The van der Waals surface area contributed by atoms with Gasteiger partial charge >= 0.3 is 0 Å². The Bertz CT molecular complexity index is 707. The molecule has 0 fully saturated rings. The zero-order chi connectivity index (χ0) is 16.8. The number of halogens is 3. The summed E-state index contributed by atoms with van der Waals surface area (Å²) in [5.74, 6) is -1.15. The average Bonchev–Trinajstić information content (AvgIpc) is 2.55. The predicted octanol–water partition coefficient (Wildman–Crippen LogP) is 3.71. The number of nitrogens with one attached hydrogen (secondary N) is 2. The van der Waals surface area contributed by atoms with Gasteiger partial charge in [-0.1, -0.05) is 12.1 Å². The van der Waals surface area contributed by atoms with Crippen LogP contribution in [0.4, 0.5) is 8.78 Å². The van der Waals surface area contributed by atoms with Crippen LogP contribution in [0.5, 0.6) is 0 Å². The molecule has 1 unspecified atom stereocenters. The number of aliphatic imine (C=N–C) groups is 1. The Kier molecular flexibility index (Phi) is 8.03. The summed E-state index contributed by atoms with van der Waals surface area (Å²) >= 11 is 0. The van der Waals surface area contributed by atoms with Crippen molar-refractivity contribution in [3.8, 4) is 0 Å². The van der Waals surface area contributed by atoms with E-state index in [0.29, 0.717) is 18.1 Å². The lowest BCUT2D eigenvalue weighted by atomic mass is 10.1. The van der Waals surface area contributed by atoms with Crippen molar-refractivity contribution in [1.29, 1.82) is 0 Å². The molecule has 1 atom stereocenters. The molecule has 24 heavy (non-hydrogen) atoms. The largest absolute Gasteiger partial charge is 0.351 e. The molecular weight excluding hydrogens is 425 g/mol. The fourth-order valence-corrected chi connectivity index (χ4v) is 2.14. The van der Waals surface area contributed by atoms with Gasteiger partial charge in [0.15, 0.2) is 17.6 Å². The first-order valence-corrected chi connectivity index (χ1v) is 7.34. The molecular formula is C17H21F2IN4. The Morgan fingerprint density at radius 1 is 1.25 bits per heavy atom. The Morgan fingerprint density at radius 3 is 2.62 bits per heavy atom. The van der Waals surface area contributed by atoms with Gasteiger partial charge in [0.1, 0.15) is 0 Å². The topological polar surface area (TPSA) is 49.3 Å². The fraction of sp³-hybridized carbons (Fsp3) is 0.294. The maximum atomic E-state index is 13.3. The maximum absolute atomic E-state index is 13.3. The Hall–Kier alpha value is -1.77. The van der Waals surface area contributed by atoms with E-state index in [1.54, 1.807) is 19.3 Å². The van der Waals surface area contributed by atoms with Gasteiger partial charge in [-0.25, -0.2) is 8.78 Å². The molecule has 2 N–H and O–H groups in total. The van der Waals surface area contributed by atoms with Crippen molar-refractivity contribution in [3.63, 3.8) is 0 Å². The van der Waals surface area contributed by atoms with E-state index in [2.05, 4.69) is 20.6 Å². The lowest BCUT2D eigenvalue weighted by molar-refractivity contribution is 0.504. The van der Waals surface area contributed by atoms with E-state index in [1.807, 2.05) is 26.0 Å². The van der Waals surface area contributed by atoms with Gasteiger partial charge in [0.05, 0.1) is 18.3 Å². The molecule has 0 aliphatic rings. The van der Waals surface area contributed by atoms with Gasteiger partial charge in [-0.2, -0.15) is 0 Å². The lowest BCUT2D eigenvalue weighted by Crippen LogP contribution is -2.38. The third-order valence-electron chi connectivity index (χ3n) is 3.56. The first-order chi connectivity index (χ1) is 11.0. The van der Waals surface area contributed by atoms with Crippen molar-refractivity contribution in [2.45, 2.75) is 26.4 Å². The number of hydrogen-bond donors (Lipinski definition) is 2. The van der Waals surface area contributed by atoms with Crippen molar-refractivity contribution in [1.82, 2.24) is 15.6 Å². The number of pyridine rings is 1. The highest BCUT2D eigenvalue weighted by molar-refractivity contribution is 14.0. The van der Waals surface area contributed by atoms with Crippen molar-refractivity contribution in [3.05, 3.63) is 65.0 Å². The first-order valence-electron chi connectivity index (χ1n) is 7.34. The monoisotopic (exact) mass is 446 g/mol. The molecule has 0 saturated carbocycles. The zero-order valence-corrected chi connectivity index (χ0v) is 16.1. The van der Waals surface area contributed by atoms with Crippen LogP contribution in [0.3, 0.4) is 0 Å². The molecule has 0 aliphatic carbocycles. The fourth-order valence-electron chi connectivity index (χ4n) is 2.14. The number of hydrogen-bond acceptors (Lipinski definition) is 2. The van der Waals surface area contributed by atoms with Gasteiger partial charge in [-0.15, -0.1) is 24.0 Å². The summed E-state index contributed by atoms with van der Waals surface area (Å²) in [5.41, 5.74) is 2.65. The average molecular weight is 446 g/mol. The maximum Gasteiger partial charge on any atom is 0.191 e. The highest BCUT2D eigenvalue weighted by Gasteiger charge is 2.11. The third kappa shape index (κ3) is 5.40. The van der Waals surface area contributed by atoms with Crippen LogP contribution in [0.1, 0.15) is 29.8 Å². The van der Waals surface area contributed by atoms with Crippen molar-refractivity contribution in [2.75, 3.05) is 7.05 Å². The van der Waals surface area contributed by atoms with E-state index < -0.39 is 11.6 Å². The van der Waals surface area contributed by atoms with Crippen LogP contribution in [0.2, 0.25) is 0 Å². The van der Waals surface area contributed by atoms with Crippen LogP contribution in [0.15, 0.2) is 41.5 Å². The zero-order valence-electron chi connectivity index (χ0n) is 13.8. The second kappa shape index (κ2) is 9.51. The quantitative estimate of drug-likeness (QED) is 0.428. The van der Waals surface area contributed by atoms with Crippen LogP contribution in [-0.4, -0.2) is 18.0 Å². The molecule has 1 aromatic carbocycles. The molecule has 0 spiro atoms. The normalized spacial score (nSPS) is 12.3. The van der Waals surface area contributed by atoms with Crippen LogP contribution in [0, 0.1) is 18.6 Å². The summed E-state index contributed by atoms with van der Waals surface area (Å²) in [5, 5.41) is 6.30.